The Bertz CT molecular complexity index is 1550. The first-order valence-electron chi connectivity index (χ1n) is 19.7. The number of aromatic nitrogens is 1. The number of nitrogens with one attached hydrogen (secondary N) is 3. The molecule has 0 radical (unpaired) electrons. The van der Waals surface area contributed by atoms with Crippen molar-refractivity contribution in [2.45, 2.75) is 130 Å². The number of thiazole rings is 1. The Balaban J connectivity index is 1.86. The summed E-state index contributed by atoms with van der Waals surface area (Å²) in [5.74, 6) is -2.59. The molecule has 1 aromatic heterocycles. The molecule has 306 valence electrons. The predicted molar refractivity (Wildman–Crippen MR) is 214 cm³/mol. The number of ether oxygens (including phenoxy) is 1. The molecular formula is C41H64N6O7S. The van der Waals surface area contributed by atoms with Crippen LogP contribution in [0, 0.1) is 17.8 Å². The zero-order valence-electron chi connectivity index (χ0n) is 34.2. The number of aliphatic hydroxyl groups excluding tert-OH is 1. The Hall–Kier alpha value is -3.88. The maximum absolute atomic E-state index is 14.6. The number of carbonyl (C=O) groups excluding carboxylic acids is 5. The number of likely N-dealkylation sites (N-methyl/N-ethyl adjacent to an activating group) is 1. The van der Waals surface area contributed by atoms with Crippen LogP contribution in [0.25, 0.3) is 0 Å². The van der Waals surface area contributed by atoms with Gasteiger partial charge in [-0.25, -0.2) is 4.98 Å². The number of methoxy groups -OCH3 is 1. The number of rotatable bonds is 20. The third-order valence-corrected chi connectivity index (χ3v) is 11.4. The predicted octanol–water partition coefficient (Wildman–Crippen LogP) is 4.50. The largest absolute Gasteiger partial charge is 0.469 e. The molecule has 0 saturated carbocycles. The number of nitrogens with zero attached hydrogens (tertiary/aromatic N) is 3. The summed E-state index contributed by atoms with van der Waals surface area (Å²) in [6.45, 7) is 13.7. The highest BCUT2D eigenvalue weighted by Crippen LogP contribution is 2.29. The SMILES string of the molecule is CC[C@H](C)[C@H](NC(=O)[C@H]1CCCCN1C)C(=O)N(CC(=O)NC(C)C)C(C[C@@H](O)c1nc(C(=O)N[C@@H](Cc2ccccc2)C[C@H](C)C(=O)OC)cs1)C(C)C. The molecule has 4 N–H and O–H groups in total. The molecule has 4 amide bonds. The Morgan fingerprint density at radius 3 is 2.29 bits per heavy atom. The van der Waals surface area contributed by atoms with Crippen molar-refractivity contribution >= 4 is 40.9 Å². The quantitative estimate of drug-likeness (QED) is 0.141. The van der Waals surface area contributed by atoms with E-state index in [9.17, 15) is 29.1 Å². The average molecular weight is 785 g/mol. The molecular weight excluding hydrogens is 721 g/mol. The molecule has 2 heterocycles. The van der Waals surface area contributed by atoms with Gasteiger partial charge in [0, 0.05) is 29.9 Å². The minimum absolute atomic E-state index is 0.0484. The van der Waals surface area contributed by atoms with Gasteiger partial charge in [-0.1, -0.05) is 77.8 Å². The molecule has 1 fully saturated rings. The molecule has 13 nitrogen and oxygen atoms in total. The first kappa shape index (κ1) is 45.5. The van der Waals surface area contributed by atoms with Crippen molar-refractivity contribution in [2.75, 3.05) is 27.2 Å². The van der Waals surface area contributed by atoms with E-state index < -0.39 is 36.1 Å². The minimum Gasteiger partial charge on any atom is -0.469 e. The molecule has 1 saturated heterocycles. The molecule has 0 bridgehead atoms. The Morgan fingerprint density at radius 1 is 1.00 bits per heavy atom. The topological polar surface area (TPSA) is 170 Å². The third-order valence-electron chi connectivity index (χ3n) is 10.5. The van der Waals surface area contributed by atoms with E-state index in [0.29, 0.717) is 30.7 Å². The highest BCUT2D eigenvalue weighted by atomic mass is 32.1. The van der Waals surface area contributed by atoms with Crippen LogP contribution < -0.4 is 16.0 Å². The highest BCUT2D eigenvalue weighted by molar-refractivity contribution is 7.09. The van der Waals surface area contributed by atoms with E-state index in [1.165, 1.54) is 12.0 Å². The van der Waals surface area contributed by atoms with Crippen molar-refractivity contribution in [3.8, 4) is 0 Å². The summed E-state index contributed by atoms with van der Waals surface area (Å²) >= 11 is 1.13. The van der Waals surface area contributed by atoms with Crippen molar-refractivity contribution in [3.63, 3.8) is 0 Å². The second-order valence-electron chi connectivity index (χ2n) is 15.7. The van der Waals surface area contributed by atoms with Crippen LogP contribution in [0.2, 0.25) is 0 Å². The van der Waals surface area contributed by atoms with Gasteiger partial charge in [-0.15, -0.1) is 11.3 Å². The van der Waals surface area contributed by atoms with Crippen molar-refractivity contribution < 1.29 is 33.8 Å². The number of aliphatic hydroxyl groups is 1. The van der Waals surface area contributed by atoms with Gasteiger partial charge in [-0.05, 0) is 70.5 Å². The van der Waals surface area contributed by atoms with E-state index in [0.717, 1.165) is 36.3 Å². The molecule has 1 unspecified atom stereocenters. The molecule has 0 spiro atoms. The monoisotopic (exact) mass is 784 g/mol. The van der Waals surface area contributed by atoms with Crippen LogP contribution in [-0.4, -0.2) is 107 Å². The first-order chi connectivity index (χ1) is 26.1. The normalized spacial score (nSPS) is 18.1. The molecule has 2 aromatic rings. The number of likely N-dealkylation sites (tertiary alicyclic amines) is 1. The summed E-state index contributed by atoms with van der Waals surface area (Å²) in [5, 5.41) is 22.5. The summed E-state index contributed by atoms with van der Waals surface area (Å²) in [7, 11) is 3.26. The fraction of sp³-hybridized carbons (Fsp3) is 0.659. The van der Waals surface area contributed by atoms with Gasteiger partial charge < -0.3 is 30.7 Å². The van der Waals surface area contributed by atoms with Gasteiger partial charge >= 0.3 is 5.97 Å². The molecule has 7 atom stereocenters. The van der Waals surface area contributed by atoms with Crippen molar-refractivity contribution in [2.24, 2.45) is 17.8 Å². The smallest absolute Gasteiger partial charge is 0.308 e. The maximum atomic E-state index is 14.6. The van der Waals surface area contributed by atoms with Crippen LogP contribution >= 0.6 is 11.3 Å². The Labute approximate surface area is 331 Å². The molecule has 55 heavy (non-hydrogen) atoms. The van der Waals surface area contributed by atoms with Gasteiger partial charge in [0.2, 0.25) is 17.7 Å². The number of piperidine rings is 1. The summed E-state index contributed by atoms with van der Waals surface area (Å²) in [5.41, 5.74) is 1.12. The maximum Gasteiger partial charge on any atom is 0.308 e. The van der Waals surface area contributed by atoms with Crippen LogP contribution in [0.3, 0.4) is 0 Å². The standard InChI is InChI=1S/C41H64N6O7S/c1-10-27(6)36(45-38(51)32-18-14-15-19-46(32)8)40(52)47(23-35(49)42-26(4)5)33(25(2)3)22-34(48)39-44-31(24-55-39)37(50)43-30(20-28(7)41(53)54-9)21-29-16-12-11-13-17-29/h11-13,16-17,24-28,30,32-34,36,48H,10,14-15,18-23H2,1-9H3,(H,42,49)(H,43,50)(H,45,51)/t27-,28-,30+,32+,33?,34+,36-/m0/s1. The number of esters is 1. The van der Waals surface area contributed by atoms with Crippen molar-refractivity contribution in [3.05, 3.63) is 52.0 Å². The minimum atomic E-state index is -1.16. The lowest BCUT2D eigenvalue weighted by atomic mass is 9.92. The van der Waals surface area contributed by atoms with Crippen LogP contribution in [0.15, 0.2) is 35.7 Å². The zero-order chi connectivity index (χ0) is 40.8. The van der Waals surface area contributed by atoms with Crippen LogP contribution in [0.1, 0.15) is 114 Å². The first-order valence-corrected chi connectivity index (χ1v) is 20.6. The summed E-state index contributed by atoms with van der Waals surface area (Å²) in [6, 6.07) is 7.28. The fourth-order valence-electron chi connectivity index (χ4n) is 7.11. The van der Waals surface area contributed by atoms with Gasteiger partial charge in [0.25, 0.3) is 5.91 Å². The lowest BCUT2D eigenvalue weighted by Crippen LogP contribution is -2.60. The van der Waals surface area contributed by atoms with Crippen molar-refractivity contribution in [1.29, 1.82) is 0 Å². The van der Waals surface area contributed by atoms with E-state index in [2.05, 4.69) is 20.9 Å². The lowest BCUT2D eigenvalue weighted by Gasteiger charge is -2.39. The lowest BCUT2D eigenvalue weighted by molar-refractivity contribution is -0.145. The number of hydrogen-bond acceptors (Lipinski definition) is 10. The second kappa shape index (κ2) is 22.0. The highest BCUT2D eigenvalue weighted by Gasteiger charge is 2.39. The van der Waals surface area contributed by atoms with Gasteiger partial charge in [0.1, 0.15) is 22.8 Å². The van der Waals surface area contributed by atoms with E-state index >= 15 is 0 Å². The summed E-state index contributed by atoms with van der Waals surface area (Å²) in [4.78, 5) is 75.3. The van der Waals surface area contributed by atoms with Gasteiger partial charge in [-0.3, -0.25) is 28.9 Å². The zero-order valence-corrected chi connectivity index (χ0v) is 35.0. The number of benzene rings is 1. The van der Waals surface area contributed by atoms with E-state index in [4.69, 9.17) is 4.74 Å². The van der Waals surface area contributed by atoms with Crippen LogP contribution in [-0.2, 0) is 30.3 Å². The average Bonchev–Trinajstić information content (AvgIpc) is 3.65. The number of carbonyl (C=O) groups is 5. The Morgan fingerprint density at radius 2 is 1.69 bits per heavy atom. The molecule has 1 aliphatic rings. The van der Waals surface area contributed by atoms with Gasteiger partial charge in [0.05, 0.1) is 25.6 Å². The Kier molecular flexibility index (Phi) is 18.2. The number of hydrogen-bond donors (Lipinski definition) is 4. The third kappa shape index (κ3) is 13.7. The molecule has 14 heteroatoms. The summed E-state index contributed by atoms with van der Waals surface area (Å²) < 4.78 is 4.92. The molecule has 1 aliphatic heterocycles. The number of amides is 4. The summed E-state index contributed by atoms with van der Waals surface area (Å²) in [6.07, 6.45) is 3.01. The van der Waals surface area contributed by atoms with E-state index in [1.54, 1.807) is 12.3 Å². The second-order valence-corrected chi connectivity index (χ2v) is 16.6. The van der Waals surface area contributed by atoms with E-state index in [-0.39, 0.29) is 66.3 Å². The van der Waals surface area contributed by atoms with Gasteiger partial charge in [-0.2, -0.15) is 0 Å². The van der Waals surface area contributed by atoms with Crippen LogP contribution in [0.4, 0.5) is 0 Å². The molecule has 1 aromatic carbocycles. The molecule has 0 aliphatic carbocycles. The van der Waals surface area contributed by atoms with Gasteiger partial charge in [0.15, 0.2) is 0 Å². The molecule has 3 rings (SSSR count). The van der Waals surface area contributed by atoms with E-state index in [1.807, 2.05) is 83.8 Å². The van der Waals surface area contributed by atoms with Crippen molar-refractivity contribution in [1.82, 2.24) is 30.7 Å². The fourth-order valence-corrected chi connectivity index (χ4v) is 7.90. The van der Waals surface area contributed by atoms with Crippen LogP contribution in [0.5, 0.6) is 0 Å².